The number of rotatable bonds is 6. The van der Waals surface area contributed by atoms with Crippen molar-refractivity contribution in [2.24, 2.45) is 0 Å². The molecule has 4 nitrogen and oxygen atoms in total. The number of carbonyl (C=O) groups excluding carboxylic acids is 1. The molecule has 29 heavy (non-hydrogen) atoms. The average Bonchev–Trinajstić information content (AvgIpc) is 3.15. The molecule has 4 aromatic rings. The second-order valence-electron chi connectivity index (χ2n) is 6.43. The maximum absolute atomic E-state index is 13.4. The molecule has 0 radical (unpaired) electrons. The predicted molar refractivity (Wildman–Crippen MR) is 117 cm³/mol. The zero-order chi connectivity index (χ0) is 20.4. The minimum Gasteiger partial charge on any atom is -0.288 e. The molecule has 3 aromatic carbocycles. The molecular formula is C23H19NO3S2. The topological polar surface area (TPSA) is 56.1 Å². The third-order valence-corrected chi connectivity index (χ3v) is 7.30. The minimum absolute atomic E-state index is 0.181. The van der Waals surface area contributed by atoms with Crippen LogP contribution >= 0.6 is 11.8 Å². The van der Waals surface area contributed by atoms with Gasteiger partial charge < -0.3 is 0 Å². The Morgan fingerprint density at radius 1 is 0.862 bits per heavy atom. The van der Waals surface area contributed by atoms with E-state index in [0.29, 0.717) is 22.0 Å². The van der Waals surface area contributed by atoms with Crippen molar-refractivity contribution in [2.45, 2.75) is 16.7 Å². The van der Waals surface area contributed by atoms with Crippen LogP contribution in [0.3, 0.4) is 0 Å². The van der Waals surface area contributed by atoms with Crippen molar-refractivity contribution in [2.75, 3.05) is 5.75 Å². The third-order valence-electron chi connectivity index (χ3n) is 4.65. The van der Waals surface area contributed by atoms with Gasteiger partial charge in [0.15, 0.2) is 5.78 Å². The molecule has 146 valence electrons. The molecule has 4 rings (SSSR count). The van der Waals surface area contributed by atoms with Crippen molar-refractivity contribution >= 4 is 38.5 Å². The maximum atomic E-state index is 13.4. The van der Waals surface area contributed by atoms with Crippen molar-refractivity contribution in [3.63, 3.8) is 0 Å². The Balaban J connectivity index is 1.92. The lowest BCUT2D eigenvalue weighted by molar-refractivity contribution is 0.103. The average molecular weight is 422 g/mol. The highest BCUT2D eigenvalue weighted by molar-refractivity contribution is 7.99. The number of thioether (sulfide) groups is 1. The van der Waals surface area contributed by atoms with E-state index in [0.717, 1.165) is 10.6 Å². The molecule has 1 heterocycles. The number of benzene rings is 3. The Morgan fingerprint density at radius 3 is 2.28 bits per heavy atom. The Hall–Kier alpha value is -2.83. The Morgan fingerprint density at radius 2 is 1.52 bits per heavy atom. The fraction of sp³-hybridized carbons (Fsp3) is 0.0870. The molecular weight excluding hydrogens is 402 g/mol. The summed E-state index contributed by atoms with van der Waals surface area (Å²) in [5.74, 6) is 0.661. The van der Waals surface area contributed by atoms with E-state index < -0.39 is 10.0 Å². The van der Waals surface area contributed by atoms with Crippen molar-refractivity contribution in [3.8, 4) is 0 Å². The number of para-hydroxylation sites is 1. The van der Waals surface area contributed by atoms with Gasteiger partial charge in [0.2, 0.25) is 0 Å². The summed E-state index contributed by atoms with van der Waals surface area (Å²) in [7, 11) is -3.82. The number of ketones is 1. The van der Waals surface area contributed by atoms with Gasteiger partial charge in [-0.15, -0.1) is 11.8 Å². The molecule has 0 aliphatic rings. The summed E-state index contributed by atoms with van der Waals surface area (Å²) in [5, 5.41) is 0.619. The summed E-state index contributed by atoms with van der Waals surface area (Å²) in [5.41, 5.74) is 1.45. The molecule has 6 heteroatoms. The number of fused-ring (bicyclic) bond motifs is 1. The second kappa shape index (κ2) is 7.89. The highest BCUT2D eigenvalue weighted by Gasteiger charge is 2.24. The molecule has 0 aliphatic heterocycles. The third kappa shape index (κ3) is 3.50. The summed E-state index contributed by atoms with van der Waals surface area (Å²) < 4.78 is 27.7. The first kappa shape index (κ1) is 19.5. The fourth-order valence-electron chi connectivity index (χ4n) is 3.32. The van der Waals surface area contributed by atoms with Crippen LogP contribution in [-0.4, -0.2) is 23.9 Å². The zero-order valence-corrected chi connectivity index (χ0v) is 17.4. The van der Waals surface area contributed by atoms with Crippen LogP contribution in [-0.2, 0) is 10.0 Å². The minimum atomic E-state index is -3.82. The highest BCUT2D eigenvalue weighted by Crippen LogP contribution is 2.30. The quantitative estimate of drug-likeness (QED) is 0.316. The SMILES string of the molecule is CCSc1ccccc1C(=O)c1cn(S(=O)(=O)c2ccccc2)c2ccccc12. The lowest BCUT2D eigenvalue weighted by Crippen LogP contribution is -2.12. The standard InChI is InChI=1S/C23H19NO3S2/c1-2-28-22-15-9-7-13-19(22)23(25)20-16-24(21-14-8-6-12-18(20)21)29(26,27)17-10-4-3-5-11-17/h3-16H,2H2,1H3. The molecule has 1 aromatic heterocycles. The van der Waals surface area contributed by atoms with Gasteiger partial charge in [-0.05, 0) is 36.1 Å². The van der Waals surface area contributed by atoms with Crippen LogP contribution < -0.4 is 0 Å². The van der Waals surface area contributed by atoms with E-state index in [1.165, 1.54) is 10.2 Å². The van der Waals surface area contributed by atoms with Crippen molar-refractivity contribution in [1.82, 2.24) is 3.97 Å². The Labute approximate surface area is 174 Å². The van der Waals surface area contributed by atoms with Crippen LogP contribution in [0, 0.1) is 0 Å². The van der Waals surface area contributed by atoms with Gasteiger partial charge in [0.1, 0.15) is 0 Å². The summed E-state index contributed by atoms with van der Waals surface area (Å²) in [6, 6.07) is 22.8. The van der Waals surface area contributed by atoms with Gasteiger partial charge in [-0.25, -0.2) is 12.4 Å². The molecule has 0 aliphatic carbocycles. The van der Waals surface area contributed by atoms with Gasteiger partial charge in [0.25, 0.3) is 10.0 Å². The number of hydrogen-bond donors (Lipinski definition) is 0. The van der Waals surface area contributed by atoms with Crippen LogP contribution in [0.2, 0.25) is 0 Å². The van der Waals surface area contributed by atoms with E-state index in [-0.39, 0.29) is 10.7 Å². The first-order valence-corrected chi connectivity index (χ1v) is 11.6. The first-order valence-electron chi connectivity index (χ1n) is 9.21. The van der Waals surface area contributed by atoms with Gasteiger partial charge in [-0.2, -0.15) is 0 Å². The highest BCUT2D eigenvalue weighted by atomic mass is 32.2. The molecule has 0 saturated carbocycles. The van der Waals surface area contributed by atoms with Crippen LogP contribution in [0.4, 0.5) is 0 Å². The largest absolute Gasteiger partial charge is 0.288 e. The summed E-state index contributed by atoms with van der Waals surface area (Å²) in [6.07, 6.45) is 1.45. The molecule has 0 unspecified atom stereocenters. The number of nitrogens with zero attached hydrogens (tertiary/aromatic N) is 1. The van der Waals surface area contributed by atoms with Crippen molar-refractivity contribution < 1.29 is 13.2 Å². The molecule has 0 saturated heterocycles. The second-order valence-corrected chi connectivity index (χ2v) is 9.55. The zero-order valence-electron chi connectivity index (χ0n) is 15.8. The Bertz CT molecular complexity index is 1290. The van der Waals surface area contributed by atoms with Gasteiger partial charge in [0.05, 0.1) is 10.4 Å². The summed E-state index contributed by atoms with van der Waals surface area (Å²) >= 11 is 1.59. The number of aromatic nitrogens is 1. The normalized spacial score (nSPS) is 11.6. The predicted octanol–water partition coefficient (Wildman–Crippen LogP) is 5.22. The maximum Gasteiger partial charge on any atom is 0.268 e. The van der Waals surface area contributed by atoms with Crippen LogP contribution in [0.15, 0.2) is 94.9 Å². The van der Waals surface area contributed by atoms with Crippen molar-refractivity contribution in [3.05, 3.63) is 96.2 Å². The molecule has 0 spiro atoms. The van der Waals surface area contributed by atoms with E-state index in [1.807, 2.05) is 31.2 Å². The van der Waals surface area contributed by atoms with E-state index >= 15 is 0 Å². The lowest BCUT2D eigenvalue weighted by Gasteiger charge is -2.07. The summed E-state index contributed by atoms with van der Waals surface area (Å²) in [4.78, 5) is 14.5. The fourth-order valence-corrected chi connectivity index (χ4v) is 5.51. The molecule has 0 bridgehead atoms. The van der Waals surface area contributed by atoms with Crippen LogP contribution in [0.5, 0.6) is 0 Å². The molecule has 0 atom stereocenters. The molecule has 0 amide bonds. The van der Waals surface area contributed by atoms with Gasteiger partial charge in [-0.1, -0.05) is 55.5 Å². The van der Waals surface area contributed by atoms with Crippen LogP contribution in [0.1, 0.15) is 22.8 Å². The first-order chi connectivity index (χ1) is 14.0. The lowest BCUT2D eigenvalue weighted by atomic mass is 10.0. The summed E-state index contributed by atoms with van der Waals surface area (Å²) in [6.45, 7) is 2.03. The van der Waals surface area contributed by atoms with E-state index in [1.54, 1.807) is 66.4 Å². The number of carbonyl (C=O) groups is 1. The van der Waals surface area contributed by atoms with Gasteiger partial charge >= 0.3 is 0 Å². The van der Waals surface area contributed by atoms with Crippen LogP contribution in [0.25, 0.3) is 10.9 Å². The van der Waals surface area contributed by atoms with Gasteiger partial charge in [0, 0.05) is 27.6 Å². The monoisotopic (exact) mass is 421 g/mol. The molecule has 0 fully saturated rings. The van der Waals surface area contributed by atoms with Gasteiger partial charge in [-0.3, -0.25) is 4.79 Å². The van der Waals surface area contributed by atoms with Crippen molar-refractivity contribution in [1.29, 1.82) is 0 Å². The molecule has 0 N–H and O–H groups in total. The number of hydrogen-bond acceptors (Lipinski definition) is 4. The smallest absolute Gasteiger partial charge is 0.268 e. The Kier molecular flexibility index (Phi) is 5.30. The van der Waals surface area contributed by atoms with E-state index in [2.05, 4.69) is 0 Å². The van der Waals surface area contributed by atoms with E-state index in [9.17, 15) is 13.2 Å². The van der Waals surface area contributed by atoms with E-state index in [4.69, 9.17) is 0 Å².